The zero-order valence-corrected chi connectivity index (χ0v) is 11.9. The van der Waals surface area contributed by atoms with Crippen LogP contribution in [0.25, 0.3) is 0 Å². The molecule has 3 rings (SSSR count). The summed E-state index contributed by atoms with van der Waals surface area (Å²) in [4.78, 5) is 12.1. The molecule has 0 spiro atoms. The zero-order chi connectivity index (χ0) is 14.8. The molecule has 0 radical (unpaired) electrons. The second-order valence-electron chi connectivity index (χ2n) is 5.41. The molecule has 1 amide bonds. The highest BCUT2D eigenvalue weighted by Crippen LogP contribution is 2.19. The summed E-state index contributed by atoms with van der Waals surface area (Å²) in [6, 6.07) is 11.3. The van der Waals surface area contributed by atoms with Crippen LogP contribution in [0, 0.1) is 6.92 Å². The summed E-state index contributed by atoms with van der Waals surface area (Å²) in [5.41, 5.74) is 4.94. The molecule has 0 saturated carbocycles. The van der Waals surface area contributed by atoms with Gasteiger partial charge >= 0.3 is 0 Å². The number of fused-ring (bicyclic) bond motifs is 1. The first kappa shape index (κ1) is 13.6. The topological polar surface area (TPSA) is 61.4 Å². The molecule has 2 aromatic carbocycles. The summed E-state index contributed by atoms with van der Waals surface area (Å²) in [6.07, 6.45) is 0. The van der Waals surface area contributed by atoms with Crippen LogP contribution in [-0.4, -0.2) is 11.0 Å². The van der Waals surface area contributed by atoms with E-state index in [2.05, 4.69) is 22.8 Å². The lowest BCUT2D eigenvalue weighted by atomic mass is 10.1. The van der Waals surface area contributed by atoms with Gasteiger partial charge in [0.15, 0.2) is 0 Å². The average molecular weight is 282 g/mol. The third-order valence-electron chi connectivity index (χ3n) is 3.75. The molecule has 4 nitrogen and oxygen atoms in total. The minimum atomic E-state index is -0.255. The SMILES string of the molecule is Cc1ccc(O)c(C(=O)NCc2ccc3c(c2)CNC3)c1. The van der Waals surface area contributed by atoms with E-state index >= 15 is 0 Å². The molecule has 3 N–H and O–H groups in total. The van der Waals surface area contributed by atoms with Gasteiger partial charge in [-0.2, -0.15) is 0 Å². The molecule has 0 atom stereocenters. The molecule has 1 aliphatic rings. The van der Waals surface area contributed by atoms with Gasteiger partial charge in [-0.05, 0) is 35.7 Å². The lowest BCUT2D eigenvalue weighted by molar-refractivity contribution is 0.0948. The molecule has 2 aromatic rings. The normalized spacial score (nSPS) is 13.0. The van der Waals surface area contributed by atoms with Crippen molar-refractivity contribution < 1.29 is 9.90 Å². The maximum atomic E-state index is 12.1. The van der Waals surface area contributed by atoms with Crippen LogP contribution in [-0.2, 0) is 19.6 Å². The number of carbonyl (C=O) groups excluding carboxylic acids is 1. The van der Waals surface area contributed by atoms with E-state index in [0.717, 1.165) is 24.2 Å². The van der Waals surface area contributed by atoms with Gasteiger partial charge in [-0.25, -0.2) is 0 Å². The number of phenols is 1. The van der Waals surface area contributed by atoms with Gasteiger partial charge in [0.2, 0.25) is 0 Å². The maximum absolute atomic E-state index is 12.1. The Morgan fingerprint density at radius 2 is 2.00 bits per heavy atom. The number of benzene rings is 2. The van der Waals surface area contributed by atoms with Crippen LogP contribution in [0.3, 0.4) is 0 Å². The third-order valence-corrected chi connectivity index (χ3v) is 3.75. The number of rotatable bonds is 3. The van der Waals surface area contributed by atoms with Crippen LogP contribution in [0.2, 0.25) is 0 Å². The van der Waals surface area contributed by atoms with Gasteiger partial charge in [-0.1, -0.05) is 29.8 Å². The van der Waals surface area contributed by atoms with Crippen molar-refractivity contribution in [2.45, 2.75) is 26.6 Å². The maximum Gasteiger partial charge on any atom is 0.255 e. The molecule has 0 aromatic heterocycles. The average Bonchev–Trinajstić information content (AvgIpc) is 2.94. The van der Waals surface area contributed by atoms with E-state index in [0.29, 0.717) is 12.1 Å². The van der Waals surface area contributed by atoms with Crippen molar-refractivity contribution in [3.63, 3.8) is 0 Å². The van der Waals surface area contributed by atoms with E-state index in [4.69, 9.17) is 0 Å². The van der Waals surface area contributed by atoms with E-state index in [1.165, 1.54) is 11.1 Å². The van der Waals surface area contributed by atoms with Crippen LogP contribution < -0.4 is 10.6 Å². The summed E-state index contributed by atoms with van der Waals surface area (Å²) < 4.78 is 0. The Balaban J connectivity index is 1.70. The fourth-order valence-corrected chi connectivity index (χ4v) is 2.57. The van der Waals surface area contributed by atoms with Crippen LogP contribution in [0.1, 0.15) is 32.6 Å². The van der Waals surface area contributed by atoms with Crippen molar-refractivity contribution in [1.29, 1.82) is 0 Å². The van der Waals surface area contributed by atoms with Crippen molar-refractivity contribution in [2.75, 3.05) is 0 Å². The van der Waals surface area contributed by atoms with Crippen molar-refractivity contribution >= 4 is 5.91 Å². The third kappa shape index (κ3) is 2.90. The summed E-state index contributed by atoms with van der Waals surface area (Å²) >= 11 is 0. The number of aromatic hydroxyl groups is 1. The number of nitrogens with one attached hydrogen (secondary N) is 2. The number of hydrogen-bond acceptors (Lipinski definition) is 3. The largest absolute Gasteiger partial charge is 0.507 e. The van der Waals surface area contributed by atoms with Crippen LogP contribution in [0.15, 0.2) is 36.4 Å². The zero-order valence-electron chi connectivity index (χ0n) is 11.9. The molecule has 0 aliphatic carbocycles. The molecule has 1 aliphatic heterocycles. The number of aryl methyl sites for hydroxylation is 1. The number of amides is 1. The minimum absolute atomic E-state index is 0.0104. The Hall–Kier alpha value is -2.33. The Bertz CT molecular complexity index is 695. The van der Waals surface area contributed by atoms with Gasteiger partial charge in [0.25, 0.3) is 5.91 Å². The highest BCUT2D eigenvalue weighted by Gasteiger charge is 2.13. The predicted octanol–water partition coefficient (Wildman–Crippen LogP) is 2.23. The second kappa shape index (κ2) is 5.58. The van der Waals surface area contributed by atoms with E-state index in [1.807, 2.05) is 13.0 Å². The highest BCUT2D eigenvalue weighted by atomic mass is 16.3. The Morgan fingerprint density at radius 3 is 2.86 bits per heavy atom. The Morgan fingerprint density at radius 1 is 1.19 bits per heavy atom. The molecule has 0 unspecified atom stereocenters. The molecule has 21 heavy (non-hydrogen) atoms. The van der Waals surface area contributed by atoms with Crippen LogP contribution in [0.5, 0.6) is 5.75 Å². The van der Waals surface area contributed by atoms with E-state index < -0.39 is 0 Å². The van der Waals surface area contributed by atoms with Gasteiger partial charge in [-0.3, -0.25) is 4.79 Å². The quantitative estimate of drug-likeness (QED) is 0.809. The first-order valence-electron chi connectivity index (χ1n) is 7.03. The van der Waals surface area contributed by atoms with Crippen molar-refractivity contribution in [3.05, 3.63) is 64.2 Å². The fraction of sp³-hybridized carbons (Fsp3) is 0.235. The van der Waals surface area contributed by atoms with Gasteiger partial charge in [0.1, 0.15) is 5.75 Å². The summed E-state index contributed by atoms with van der Waals surface area (Å²) in [6.45, 7) is 4.15. The van der Waals surface area contributed by atoms with Gasteiger partial charge < -0.3 is 15.7 Å². The molecule has 108 valence electrons. The van der Waals surface area contributed by atoms with Crippen LogP contribution in [0.4, 0.5) is 0 Å². The first-order chi connectivity index (χ1) is 10.1. The summed E-state index contributed by atoms with van der Waals surface area (Å²) in [5.74, 6) is -0.244. The lowest BCUT2D eigenvalue weighted by Crippen LogP contribution is -2.23. The van der Waals surface area contributed by atoms with Crippen molar-refractivity contribution in [3.8, 4) is 5.75 Å². The highest BCUT2D eigenvalue weighted by molar-refractivity contribution is 5.96. The number of carbonyl (C=O) groups is 1. The lowest BCUT2D eigenvalue weighted by Gasteiger charge is -2.09. The van der Waals surface area contributed by atoms with Gasteiger partial charge in [0, 0.05) is 19.6 Å². The second-order valence-corrected chi connectivity index (χ2v) is 5.41. The van der Waals surface area contributed by atoms with E-state index in [9.17, 15) is 9.90 Å². The van der Waals surface area contributed by atoms with Gasteiger partial charge in [0.05, 0.1) is 5.56 Å². The molecule has 0 bridgehead atoms. The molecule has 0 fully saturated rings. The molecule has 4 heteroatoms. The van der Waals surface area contributed by atoms with Gasteiger partial charge in [-0.15, -0.1) is 0 Å². The predicted molar refractivity (Wildman–Crippen MR) is 81.0 cm³/mol. The molecular weight excluding hydrogens is 264 g/mol. The number of phenolic OH excluding ortho intramolecular Hbond substituents is 1. The fourth-order valence-electron chi connectivity index (χ4n) is 2.57. The Kier molecular flexibility index (Phi) is 3.62. The standard InChI is InChI=1S/C17H18N2O2/c1-11-2-5-16(20)15(6-11)17(21)19-8-12-3-4-13-9-18-10-14(13)7-12/h2-7,18,20H,8-10H2,1H3,(H,19,21). The van der Waals surface area contributed by atoms with E-state index in [-0.39, 0.29) is 11.7 Å². The minimum Gasteiger partial charge on any atom is -0.507 e. The van der Waals surface area contributed by atoms with E-state index in [1.54, 1.807) is 18.2 Å². The summed E-state index contributed by atoms with van der Waals surface area (Å²) in [7, 11) is 0. The number of hydrogen-bond donors (Lipinski definition) is 3. The first-order valence-corrected chi connectivity index (χ1v) is 7.03. The monoisotopic (exact) mass is 282 g/mol. The smallest absolute Gasteiger partial charge is 0.255 e. The van der Waals surface area contributed by atoms with Crippen molar-refractivity contribution in [1.82, 2.24) is 10.6 Å². The van der Waals surface area contributed by atoms with Crippen molar-refractivity contribution in [2.24, 2.45) is 0 Å². The Labute approximate surface area is 123 Å². The molecule has 0 saturated heterocycles. The van der Waals surface area contributed by atoms with Crippen LogP contribution >= 0.6 is 0 Å². The molecular formula is C17H18N2O2. The summed E-state index contributed by atoms with van der Waals surface area (Å²) in [5, 5.41) is 15.9. The molecule has 1 heterocycles.